The zero-order valence-electron chi connectivity index (χ0n) is 15.6. The minimum Gasteiger partial charge on any atom is -0.320 e. The Morgan fingerprint density at radius 1 is 1.42 bits per heavy atom. The maximum absolute atomic E-state index is 14.5. The third-order valence-corrected chi connectivity index (χ3v) is 4.47. The Kier molecular flexibility index (Phi) is 4.80. The number of nitrogens with zero attached hydrogens (tertiary/aromatic N) is 3. The minimum absolute atomic E-state index is 0.108. The number of fused-ring (bicyclic) bond motifs is 1. The number of benzene rings is 1. The summed E-state index contributed by atoms with van der Waals surface area (Å²) in [6.07, 6.45) is 2.14. The molecule has 0 saturated carbocycles. The van der Waals surface area contributed by atoms with E-state index in [0.29, 0.717) is 25.1 Å². The number of amides is 2. The Balaban J connectivity index is 1.79. The highest BCUT2D eigenvalue weighted by Gasteiger charge is 2.30. The Bertz CT molecular complexity index is 850. The molecule has 6 nitrogen and oxygen atoms in total. The standard InChI is InChI=1S/C19H24FN5O/c1-19(2,3)17-13-11-25(9-8-14(13)23-24-17)18(26)22-15-7-5-6-12(10-21-4)16(15)20/h5-7,10H,8-9,11H2,1-4H3,(H,22,26)(H,23,24)/b21-10-. The second-order valence-electron chi connectivity index (χ2n) is 7.48. The van der Waals surface area contributed by atoms with Crippen LogP contribution in [0.15, 0.2) is 23.2 Å². The van der Waals surface area contributed by atoms with Gasteiger partial charge in [-0.1, -0.05) is 32.9 Å². The summed E-state index contributed by atoms with van der Waals surface area (Å²) in [7, 11) is 1.58. The molecular formula is C19H24FN5O. The lowest BCUT2D eigenvalue weighted by Gasteiger charge is -2.29. The van der Waals surface area contributed by atoms with Gasteiger partial charge >= 0.3 is 6.03 Å². The van der Waals surface area contributed by atoms with Crippen molar-refractivity contribution in [2.45, 2.75) is 39.2 Å². The maximum Gasteiger partial charge on any atom is 0.322 e. The number of aliphatic imine (C=N–C) groups is 1. The molecule has 0 saturated heterocycles. The van der Waals surface area contributed by atoms with Gasteiger partial charge in [0.05, 0.1) is 17.9 Å². The molecule has 1 aromatic carbocycles. The van der Waals surface area contributed by atoms with Gasteiger partial charge in [-0.25, -0.2) is 9.18 Å². The average Bonchev–Trinajstić information content (AvgIpc) is 3.02. The highest BCUT2D eigenvalue weighted by molar-refractivity contribution is 5.91. The minimum atomic E-state index is -0.483. The second-order valence-corrected chi connectivity index (χ2v) is 7.48. The molecule has 0 atom stereocenters. The molecule has 2 N–H and O–H groups in total. The average molecular weight is 357 g/mol. The summed E-state index contributed by atoms with van der Waals surface area (Å²) in [5.41, 5.74) is 3.50. The molecule has 0 fully saturated rings. The number of rotatable bonds is 2. The summed E-state index contributed by atoms with van der Waals surface area (Å²) in [4.78, 5) is 18.2. The van der Waals surface area contributed by atoms with Crippen LogP contribution in [0, 0.1) is 5.82 Å². The van der Waals surface area contributed by atoms with Crippen molar-refractivity contribution in [2.24, 2.45) is 4.99 Å². The van der Waals surface area contributed by atoms with Gasteiger partial charge in [-0.05, 0) is 6.07 Å². The molecule has 7 heteroatoms. The first-order valence-corrected chi connectivity index (χ1v) is 8.64. The zero-order valence-corrected chi connectivity index (χ0v) is 15.6. The highest BCUT2D eigenvalue weighted by Crippen LogP contribution is 2.29. The number of hydrogen-bond acceptors (Lipinski definition) is 3. The topological polar surface area (TPSA) is 73.4 Å². The Morgan fingerprint density at radius 2 is 2.19 bits per heavy atom. The van der Waals surface area contributed by atoms with Crippen LogP contribution < -0.4 is 5.32 Å². The molecule has 138 valence electrons. The van der Waals surface area contributed by atoms with Crippen molar-refractivity contribution in [1.29, 1.82) is 0 Å². The van der Waals surface area contributed by atoms with E-state index in [2.05, 4.69) is 41.3 Å². The summed E-state index contributed by atoms with van der Waals surface area (Å²) >= 11 is 0. The number of H-pyrrole nitrogens is 1. The van der Waals surface area contributed by atoms with Crippen molar-refractivity contribution >= 4 is 17.9 Å². The molecule has 2 heterocycles. The third kappa shape index (κ3) is 3.47. The van der Waals surface area contributed by atoms with E-state index in [1.165, 1.54) is 6.21 Å². The van der Waals surface area contributed by atoms with Gasteiger partial charge in [0.25, 0.3) is 0 Å². The van der Waals surface area contributed by atoms with E-state index in [1.807, 2.05) is 0 Å². The van der Waals surface area contributed by atoms with Gasteiger partial charge in [0, 0.05) is 48.5 Å². The smallest absolute Gasteiger partial charge is 0.320 e. The van der Waals surface area contributed by atoms with E-state index in [0.717, 1.165) is 17.0 Å². The summed E-state index contributed by atoms with van der Waals surface area (Å²) in [6.45, 7) is 7.31. The molecule has 3 rings (SSSR count). The van der Waals surface area contributed by atoms with E-state index >= 15 is 0 Å². The number of carbonyl (C=O) groups excluding carboxylic acids is 1. The van der Waals surface area contributed by atoms with E-state index in [1.54, 1.807) is 30.1 Å². The van der Waals surface area contributed by atoms with E-state index in [4.69, 9.17) is 0 Å². The number of aromatic nitrogens is 2. The lowest BCUT2D eigenvalue weighted by Crippen LogP contribution is -2.39. The fourth-order valence-corrected chi connectivity index (χ4v) is 3.17. The van der Waals surface area contributed by atoms with E-state index in [9.17, 15) is 9.18 Å². The number of anilines is 1. The molecular weight excluding hydrogens is 333 g/mol. The molecule has 0 bridgehead atoms. The highest BCUT2D eigenvalue weighted by atomic mass is 19.1. The van der Waals surface area contributed by atoms with Crippen LogP contribution in [0.1, 0.15) is 43.3 Å². The Morgan fingerprint density at radius 3 is 2.88 bits per heavy atom. The largest absolute Gasteiger partial charge is 0.322 e. The molecule has 26 heavy (non-hydrogen) atoms. The van der Waals surface area contributed by atoms with Crippen molar-refractivity contribution in [3.63, 3.8) is 0 Å². The van der Waals surface area contributed by atoms with Crippen molar-refractivity contribution < 1.29 is 9.18 Å². The first kappa shape index (κ1) is 18.1. The number of carbonyl (C=O) groups is 1. The number of aromatic amines is 1. The van der Waals surface area contributed by atoms with Gasteiger partial charge in [0.2, 0.25) is 0 Å². The van der Waals surface area contributed by atoms with Gasteiger partial charge < -0.3 is 10.2 Å². The SMILES string of the molecule is C/N=C\c1cccc(NC(=O)N2CCc3[nH]nc(C(C)(C)C)c3C2)c1F. The van der Waals surface area contributed by atoms with Crippen LogP contribution >= 0.6 is 0 Å². The van der Waals surface area contributed by atoms with Crippen molar-refractivity contribution in [2.75, 3.05) is 18.9 Å². The first-order chi connectivity index (χ1) is 12.3. The first-order valence-electron chi connectivity index (χ1n) is 8.64. The van der Waals surface area contributed by atoms with Crippen LogP contribution in [0.3, 0.4) is 0 Å². The quantitative estimate of drug-likeness (QED) is 0.808. The van der Waals surface area contributed by atoms with Gasteiger partial charge in [-0.3, -0.25) is 10.1 Å². The predicted molar refractivity (Wildman–Crippen MR) is 100 cm³/mol. The predicted octanol–water partition coefficient (Wildman–Crippen LogP) is 3.49. The van der Waals surface area contributed by atoms with Crippen LogP contribution in [0.25, 0.3) is 0 Å². The molecule has 1 aliphatic rings. The molecule has 0 aliphatic carbocycles. The number of halogens is 1. The van der Waals surface area contributed by atoms with Crippen molar-refractivity contribution in [3.05, 3.63) is 46.5 Å². The second kappa shape index (κ2) is 6.90. The van der Waals surface area contributed by atoms with Gasteiger partial charge in [0.1, 0.15) is 0 Å². The molecule has 2 amide bonds. The van der Waals surface area contributed by atoms with Crippen LogP contribution in [-0.4, -0.2) is 40.9 Å². The van der Waals surface area contributed by atoms with Crippen molar-refractivity contribution in [1.82, 2.24) is 15.1 Å². The normalized spacial score (nSPS) is 14.6. The molecule has 0 unspecified atom stereocenters. The fourth-order valence-electron chi connectivity index (χ4n) is 3.17. The van der Waals surface area contributed by atoms with Gasteiger partial charge in [-0.2, -0.15) is 5.10 Å². The van der Waals surface area contributed by atoms with Crippen LogP contribution in [0.2, 0.25) is 0 Å². The number of hydrogen-bond donors (Lipinski definition) is 2. The summed E-state index contributed by atoms with van der Waals surface area (Å²) in [5.74, 6) is -0.483. The summed E-state index contributed by atoms with van der Waals surface area (Å²) < 4.78 is 14.5. The lowest BCUT2D eigenvalue weighted by molar-refractivity contribution is 0.205. The number of nitrogens with one attached hydrogen (secondary N) is 2. The Hall–Kier alpha value is -2.70. The van der Waals surface area contributed by atoms with Crippen LogP contribution in [-0.2, 0) is 18.4 Å². The molecule has 0 radical (unpaired) electrons. The van der Waals surface area contributed by atoms with E-state index in [-0.39, 0.29) is 17.1 Å². The summed E-state index contributed by atoms with van der Waals surface area (Å²) in [5, 5.41) is 10.2. The number of urea groups is 1. The van der Waals surface area contributed by atoms with Gasteiger partial charge in [0.15, 0.2) is 5.82 Å². The summed E-state index contributed by atoms with van der Waals surface area (Å²) in [6, 6.07) is 4.54. The van der Waals surface area contributed by atoms with Crippen LogP contribution in [0.4, 0.5) is 14.9 Å². The monoisotopic (exact) mass is 357 g/mol. The fraction of sp³-hybridized carbons (Fsp3) is 0.421. The van der Waals surface area contributed by atoms with Crippen molar-refractivity contribution in [3.8, 4) is 0 Å². The van der Waals surface area contributed by atoms with Crippen LogP contribution in [0.5, 0.6) is 0 Å². The molecule has 2 aromatic rings. The third-order valence-electron chi connectivity index (χ3n) is 4.47. The molecule has 1 aliphatic heterocycles. The Labute approximate surface area is 152 Å². The zero-order chi connectivity index (χ0) is 18.9. The maximum atomic E-state index is 14.5. The van der Waals surface area contributed by atoms with E-state index < -0.39 is 5.82 Å². The lowest BCUT2D eigenvalue weighted by atomic mass is 9.87. The van der Waals surface area contributed by atoms with Gasteiger partial charge in [-0.15, -0.1) is 0 Å². The molecule has 0 spiro atoms. The molecule has 1 aromatic heterocycles.